The fourth-order valence-electron chi connectivity index (χ4n) is 2.45. The van der Waals surface area contributed by atoms with Gasteiger partial charge in [0.05, 0.1) is 42.1 Å². The summed E-state index contributed by atoms with van der Waals surface area (Å²) in [4.78, 5) is 16.8. The summed E-state index contributed by atoms with van der Waals surface area (Å²) in [5, 5.41) is 6.10. The van der Waals surface area contributed by atoms with E-state index in [1.807, 2.05) is 23.6 Å². The van der Waals surface area contributed by atoms with Gasteiger partial charge in [-0.3, -0.25) is 4.79 Å². The number of carbonyl (C=O) groups excluding carboxylic acids is 1. The number of hydrogen-bond acceptors (Lipinski definition) is 5. The van der Waals surface area contributed by atoms with Gasteiger partial charge in [-0.25, -0.2) is 4.98 Å². The van der Waals surface area contributed by atoms with Crippen molar-refractivity contribution >= 4 is 46.1 Å². The van der Waals surface area contributed by atoms with Gasteiger partial charge in [-0.15, -0.1) is 11.3 Å². The normalized spacial score (nSPS) is 10.5. The molecule has 8 heteroatoms. The quantitative estimate of drug-likeness (QED) is 0.583. The van der Waals surface area contributed by atoms with Gasteiger partial charge in [0, 0.05) is 10.9 Å². The van der Waals surface area contributed by atoms with Crippen molar-refractivity contribution in [2.45, 2.75) is 6.42 Å². The van der Waals surface area contributed by atoms with Crippen molar-refractivity contribution in [2.24, 2.45) is 0 Å². The highest BCUT2D eigenvalue weighted by Gasteiger charge is 2.13. The number of nitrogens with zero attached hydrogens (tertiary/aromatic N) is 1. The molecule has 27 heavy (non-hydrogen) atoms. The Hall–Kier alpha value is -2.28. The molecule has 0 spiro atoms. The molecule has 0 fully saturated rings. The molecular weight excluding hydrogens is 407 g/mol. The second kappa shape index (κ2) is 8.61. The molecule has 3 aromatic rings. The first-order valence-corrected chi connectivity index (χ1v) is 9.56. The minimum absolute atomic E-state index is 0.132. The molecule has 1 N–H and O–H groups in total. The van der Waals surface area contributed by atoms with Gasteiger partial charge in [-0.05, 0) is 30.3 Å². The molecule has 1 amide bonds. The molecule has 0 unspecified atom stereocenters. The summed E-state index contributed by atoms with van der Waals surface area (Å²) in [7, 11) is 3.17. The molecule has 1 heterocycles. The third-order valence-electron chi connectivity index (χ3n) is 3.75. The lowest BCUT2D eigenvalue weighted by Crippen LogP contribution is -2.14. The van der Waals surface area contributed by atoms with E-state index in [0.717, 1.165) is 10.6 Å². The first-order chi connectivity index (χ1) is 13.0. The molecule has 0 saturated heterocycles. The minimum atomic E-state index is -0.219. The predicted molar refractivity (Wildman–Crippen MR) is 109 cm³/mol. The molecule has 0 atom stereocenters. The molecule has 3 rings (SSSR count). The molecule has 0 bridgehead atoms. The summed E-state index contributed by atoms with van der Waals surface area (Å²) in [5.41, 5.74) is 2.03. The Morgan fingerprint density at radius 1 is 1.15 bits per heavy atom. The van der Waals surface area contributed by atoms with Crippen LogP contribution in [-0.2, 0) is 11.2 Å². The SMILES string of the molecule is COc1ccc(-c2nc(CC(=O)Nc3cccc(Cl)c3Cl)cs2)cc1OC. The van der Waals surface area contributed by atoms with Crippen LogP contribution in [0, 0.1) is 0 Å². The molecule has 140 valence electrons. The monoisotopic (exact) mass is 422 g/mol. The van der Waals surface area contributed by atoms with Crippen LogP contribution in [0.1, 0.15) is 5.69 Å². The van der Waals surface area contributed by atoms with E-state index in [9.17, 15) is 4.79 Å². The van der Waals surface area contributed by atoms with Gasteiger partial charge >= 0.3 is 0 Å². The second-order valence-electron chi connectivity index (χ2n) is 5.54. The van der Waals surface area contributed by atoms with Crippen molar-refractivity contribution in [2.75, 3.05) is 19.5 Å². The fraction of sp³-hybridized carbons (Fsp3) is 0.158. The smallest absolute Gasteiger partial charge is 0.230 e. The van der Waals surface area contributed by atoms with Crippen molar-refractivity contribution in [3.8, 4) is 22.1 Å². The summed E-state index contributed by atoms with van der Waals surface area (Å²) in [5.74, 6) is 1.05. The fourth-order valence-corrected chi connectivity index (χ4v) is 3.61. The minimum Gasteiger partial charge on any atom is -0.493 e. The number of hydrogen-bond donors (Lipinski definition) is 1. The predicted octanol–water partition coefficient (Wildman–Crippen LogP) is 5.32. The van der Waals surface area contributed by atoms with Crippen molar-refractivity contribution in [1.29, 1.82) is 0 Å². The Labute approximate surface area is 170 Å². The lowest BCUT2D eigenvalue weighted by atomic mass is 10.2. The maximum absolute atomic E-state index is 12.3. The van der Waals surface area contributed by atoms with E-state index in [2.05, 4.69) is 10.3 Å². The average molecular weight is 423 g/mol. The van der Waals surface area contributed by atoms with E-state index < -0.39 is 0 Å². The van der Waals surface area contributed by atoms with Gasteiger partial charge < -0.3 is 14.8 Å². The highest BCUT2D eigenvalue weighted by Crippen LogP contribution is 2.34. The number of halogens is 2. The number of aromatic nitrogens is 1. The third-order valence-corrected chi connectivity index (χ3v) is 5.51. The number of ether oxygens (including phenoxy) is 2. The maximum Gasteiger partial charge on any atom is 0.230 e. The summed E-state index contributed by atoms with van der Waals surface area (Å²) >= 11 is 13.5. The zero-order valence-corrected chi connectivity index (χ0v) is 16.9. The van der Waals surface area contributed by atoms with Gasteiger partial charge in [0.2, 0.25) is 5.91 Å². The third kappa shape index (κ3) is 4.53. The number of amides is 1. The van der Waals surface area contributed by atoms with Gasteiger partial charge in [-0.2, -0.15) is 0 Å². The van der Waals surface area contributed by atoms with Crippen LogP contribution in [0.15, 0.2) is 41.8 Å². The zero-order valence-electron chi connectivity index (χ0n) is 14.6. The van der Waals surface area contributed by atoms with Gasteiger partial charge in [-0.1, -0.05) is 29.3 Å². The number of rotatable bonds is 6. The molecule has 1 aromatic heterocycles. The molecular formula is C19H16Cl2N2O3S. The lowest BCUT2D eigenvalue weighted by Gasteiger charge is -2.08. The van der Waals surface area contributed by atoms with Crippen LogP contribution in [0.4, 0.5) is 5.69 Å². The molecule has 0 aliphatic carbocycles. The molecule has 0 aliphatic heterocycles. The Kier molecular flexibility index (Phi) is 6.21. The van der Waals surface area contributed by atoms with Crippen LogP contribution in [-0.4, -0.2) is 25.1 Å². The van der Waals surface area contributed by atoms with Crippen LogP contribution in [0.25, 0.3) is 10.6 Å². The van der Waals surface area contributed by atoms with Crippen LogP contribution in [0.5, 0.6) is 11.5 Å². The lowest BCUT2D eigenvalue weighted by molar-refractivity contribution is -0.115. The summed E-state index contributed by atoms with van der Waals surface area (Å²) < 4.78 is 10.6. The van der Waals surface area contributed by atoms with Crippen molar-refractivity contribution in [3.63, 3.8) is 0 Å². The Morgan fingerprint density at radius 2 is 1.93 bits per heavy atom. The van der Waals surface area contributed by atoms with E-state index in [1.54, 1.807) is 32.4 Å². The number of anilines is 1. The van der Waals surface area contributed by atoms with Gasteiger partial charge in [0.25, 0.3) is 0 Å². The number of methoxy groups -OCH3 is 2. The van der Waals surface area contributed by atoms with E-state index in [-0.39, 0.29) is 12.3 Å². The number of thiazole rings is 1. The molecule has 0 radical (unpaired) electrons. The molecule has 0 saturated carbocycles. The summed E-state index contributed by atoms with van der Waals surface area (Å²) in [6.07, 6.45) is 0.132. The maximum atomic E-state index is 12.3. The Balaban J connectivity index is 1.72. The van der Waals surface area contributed by atoms with E-state index in [0.29, 0.717) is 32.9 Å². The first kappa shape index (κ1) is 19.5. The zero-order chi connectivity index (χ0) is 19.4. The molecule has 0 aliphatic rings. The largest absolute Gasteiger partial charge is 0.493 e. The Morgan fingerprint density at radius 3 is 2.67 bits per heavy atom. The summed E-state index contributed by atoms with van der Waals surface area (Å²) in [6, 6.07) is 10.7. The number of benzene rings is 2. The van der Waals surface area contributed by atoms with E-state index in [1.165, 1.54) is 11.3 Å². The number of carbonyl (C=O) groups is 1. The van der Waals surface area contributed by atoms with Crippen LogP contribution < -0.4 is 14.8 Å². The topological polar surface area (TPSA) is 60.5 Å². The average Bonchev–Trinajstić information content (AvgIpc) is 3.13. The van der Waals surface area contributed by atoms with E-state index in [4.69, 9.17) is 32.7 Å². The standard InChI is InChI=1S/C19H16Cl2N2O3S/c1-25-15-7-6-11(8-16(15)26-2)19-22-12(10-27-19)9-17(24)23-14-5-3-4-13(20)18(14)21/h3-8,10H,9H2,1-2H3,(H,23,24). The van der Waals surface area contributed by atoms with Crippen LogP contribution in [0.3, 0.4) is 0 Å². The highest BCUT2D eigenvalue weighted by molar-refractivity contribution is 7.13. The molecule has 5 nitrogen and oxygen atoms in total. The van der Waals surface area contributed by atoms with Gasteiger partial charge in [0.1, 0.15) is 5.01 Å². The van der Waals surface area contributed by atoms with Crippen molar-refractivity contribution in [1.82, 2.24) is 4.98 Å². The van der Waals surface area contributed by atoms with Gasteiger partial charge in [0.15, 0.2) is 11.5 Å². The number of nitrogens with one attached hydrogen (secondary N) is 1. The van der Waals surface area contributed by atoms with E-state index >= 15 is 0 Å². The van der Waals surface area contributed by atoms with Crippen molar-refractivity contribution < 1.29 is 14.3 Å². The summed E-state index contributed by atoms with van der Waals surface area (Å²) in [6.45, 7) is 0. The molecule has 2 aromatic carbocycles. The highest BCUT2D eigenvalue weighted by atomic mass is 35.5. The second-order valence-corrected chi connectivity index (χ2v) is 7.18. The van der Waals surface area contributed by atoms with Crippen LogP contribution in [0.2, 0.25) is 10.0 Å². The Bertz CT molecular complexity index is 975. The van der Waals surface area contributed by atoms with Crippen molar-refractivity contribution in [3.05, 3.63) is 57.5 Å². The first-order valence-electron chi connectivity index (χ1n) is 7.92. The van der Waals surface area contributed by atoms with Crippen LogP contribution >= 0.6 is 34.5 Å².